The molecule has 0 spiro atoms. The van der Waals surface area contributed by atoms with E-state index in [0.29, 0.717) is 15.3 Å². The molecule has 0 saturated carbocycles. The summed E-state index contributed by atoms with van der Waals surface area (Å²) in [6, 6.07) is 17.2. The number of hydrogen-bond acceptors (Lipinski definition) is 5. The van der Waals surface area contributed by atoms with Crippen molar-refractivity contribution in [3.05, 3.63) is 92.6 Å². The van der Waals surface area contributed by atoms with Crippen LogP contribution in [0.4, 0.5) is 5.69 Å². The zero-order chi connectivity index (χ0) is 20.4. The Bertz CT molecular complexity index is 1240. The summed E-state index contributed by atoms with van der Waals surface area (Å²) in [4.78, 5) is 23.2. The van der Waals surface area contributed by atoms with Gasteiger partial charge < -0.3 is 4.57 Å². The highest BCUT2D eigenvalue weighted by Crippen LogP contribution is 2.28. The molecule has 2 heterocycles. The van der Waals surface area contributed by atoms with Crippen molar-refractivity contribution in [3.8, 4) is 5.69 Å². The maximum absolute atomic E-state index is 12.4. The second-order valence-electron chi connectivity index (χ2n) is 6.07. The highest BCUT2D eigenvalue weighted by molar-refractivity contribution is 7.20. The van der Waals surface area contributed by atoms with E-state index in [1.54, 1.807) is 30.5 Å². The van der Waals surface area contributed by atoms with Crippen LogP contribution in [-0.2, 0) is 0 Å². The number of nitrogens with one attached hydrogen (secondary N) is 1. The van der Waals surface area contributed by atoms with E-state index in [2.05, 4.69) is 10.5 Å². The number of amides is 1. The Labute approximate surface area is 174 Å². The van der Waals surface area contributed by atoms with Crippen LogP contribution in [0.15, 0.2) is 72.0 Å². The molecule has 0 aliphatic heterocycles. The van der Waals surface area contributed by atoms with E-state index in [9.17, 15) is 14.9 Å². The number of carbonyl (C=O) groups excluding carboxylic acids is 1. The number of halogens is 1. The SMILES string of the molecule is O=C(NN=Cc1cccn1-c1ccc(Cl)cc1)c1cc2cc([N+](=O)[O-])ccc2s1. The summed E-state index contributed by atoms with van der Waals surface area (Å²) in [6.07, 6.45) is 3.43. The average Bonchev–Trinajstić information content (AvgIpc) is 3.34. The first kappa shape index (κ1) is 18.9. The maximum atomic E-state index is 12.4. The first-order valence-electron chi connectivity index (χ1n) is 8.46. The van der Waals surface area contributed by atoms with E-state index in [-0.39, 0.29) is 11.6 Å². The Morgan fingerprint density at radius 1 is 1.17 bits per heavy atom. The second kappa shape index (κ2) is 7.86. The molecule has 144 valence electrons. The summed E-state index contributed by atoms with van der Waals surface area (Å²) >= 11 is 7.18. The first-order valence-corrected chi connectivity index (χ1v) is 9.65. The van der Waals surface area contributed by atoms with E-state index >= 15 is 0 Å². The minimum Gasteiger partial charge on any atom is -0.316 e. The minimum absolute atomic E-state index is 0.0109. The molecule has 1 N–H and O–H groups in total. The van der Waals surface area contributed by atoms with Gasteiger partial charge in [-0.3, -0.25) is 14.9 Å². The van der Waals surface area contributed by atoms with Crippen molar-refractivity contribution in [3.63, 3.8) is 0 Å². The summed E-state index contributed by atoms with van der Waals surface area (Å²) < 4.78 is 2.70. The highest BCUT2D eigenvalue weighted by Gasteiger charge is 2.13. The van der Waals surface area contributed by atoms with Crippen molar-refractivity contribution < 1.29 is 9.72 Å². The van der Waals surface area contributed by atoms with Crippen LogP contribution < -0.4 is 5.43 Å². The van der Waals surface area contributed by atoms with E-state index < -0.39 is 4.92 Å². The van der Waals surface area contributed by atoms with Crippen molar-refractivity contribution in [2.75, 3.05) is 0 Å². The third-order valence-electron chi connectivity index (χ3n) is 4.18. The molecule has 0 aliphatic rings. The van der Waals surface area contributed by atoms with Gasteiger partial charge in [0, 0.05) is 39.1 Å². The van der Waals surface area contributed by atoms with Crippen LogP contribution in [0.3, 0.4) is 0 Å². The number of non-ortho nitro benzene ring substituents is 1. The van der Waals surface area contributed by atoms with Crippen LogP contribution >= 0.6 is 22.9 Å². The molecule has 4 rings (SSSR count). The lowest BCUT2D eigenvalue weighted by Crippen LogP contribution is -2.16. The Morgan fingerprint density at radius 2 is 1.97 bits per heavy atom. The van der Waals surface area contributed by atoms with Crippen LogP contribution in [0.2, 0.25) is 5.02 Å². The zero-order valence-corrected chi connectivity index (χ0v) is 16.4. The second-order valence-corrected chi connectivity index (χ2v) is 7.59. The normalized spacial score (nSPS) is 11.2. The van der Waals surface area contributed by atoms with E-state index in [4.69, 9.17) is 11.6 Å². The number of aromatic nitrogens is 1. The van der Waals surface area contributed by atoms with Gasteiger partial charge in [0.2, 0.25) is 0 Å². The van der Waals surface area contributed by atoms with Crippen molar-refractivity contribution in [2.45, 2.75) is 0 Å². The molecule has 2 aromatic heterocycles. The molecule has 0 unspecified atom stereocenters. The van der Waals surface area contributed by atoms with Gasteiger partial charge in [-0.05, 0) is 48.5 Å². The van der Waals surface area contributed by atoms with Crippen LogP contribution in [-0.4, -0.2) is 21.6 Å². The van der Waals surface area contributed by atoms with Gasteiger partial charge in [-0.2, -0.15) is 5.10 Å². The van der Waals surface area contributed by atoms with E-state index in [1.807, 2.05) is 35.0 Å². The number of nitrogens with zero attached hydrogens (tertiary/aromatic N) is 3. The third kappa shape index (κ3) is 4.03. The predicted molar refractivity (Wildman–Crippen MR) is 114 cm³/mol. The molecule has 29 heavy (non-hydrogen) atoms. The largest absolute Gasteiger partial charge is 0.316 e. The number of hydrogen-bond donors (Lipinski definition) is 1. The fraction of sp³-hybridized carbons (Fsp3) is 0. The maximum Gasteiger partial charge on any atom is 0.281 e. The summed E-state index contributed by atoms with van der Waals surface area (Å²) in [5, 5.41) is 16.2. The zero-order valence-electron chi connectivity index (χ0n) is 14.8. The standard InChI is InChI=1S/C20H13ClN4O3S/c21-14-3-5-15(6-4-14)24-9-1-2-17(24)12-22-23-20(26)19-11-13-10-16(25(27)28)7-8-18(13)29-19/h1-12H,(H,23,26). The lowest BCUT2D eigenvalue weighted by molar-refractivity contribution is -0.384. The number of nitro benzene ring substituents is 1. The van der Waals surface area contributed by atoms with Crippen LogP contribution in [0.1, 0.15) is 15.4 Å². The molecule has 0 fully saturated rings. The van der Waals surface area contributed by atoms with Crippen molar-refractivity contribution in [2.24, 2.45) is 5.10 Å². The smallest absolute Gasteiger partial charge is 0.281 e. The fourth-order valence-electron chi connectivity index (χ4n) is 2.80. The first-order chi connectivity index (χ1) is 14.0. The third-order valence-corrected chi connectivity index (χ3v) is 5.55. The van der Waals surface area contributed by atoms with Crippen molar-refractivity contribution in [1.82, 2.24) is 9.99 Å². The number of nitro groups is 1. The van der Waals surface area contributed by atoms with Gasteiger partial charge in [0.25, 0.3) is 11.6 Å². The number of hydrazone groups is 1. The molecule has 2 aromatic carbocycles. The monoisotopic (exact) mass is 424 g/mol. The Kier molecular flexibility index (Phi) is 5.11. The van der Waals surface area contributed by atoms with Gasteiger partial charge in [0.1, 0.15) is 0 Å². The summed E-state index contributed by atoms with van der Waals surface area (Å²) in [5.41, 5.74) is 4.18. The summed E-state index contributed by atoms with van der Waals surface area (Å²) in [6.45, 7) is 0. The summed E-state index contributed by atoms with van der Waals surface area (Å²) in [5.74, 6) is -0.380. The molecule has 0 radical (unpaired) electrons. The van der Waals surface area contributed by atoms with Gasteiger partial charge in [-0.1, -0.05) is 11.6 Å². The van der Waals surface area contributed by atoms with Crippen LogP contribution in [0, 0.1) is 10.1 Å². The molecular formula is C20H13ClN4O3S. The van der Waals surface area contributed by atoms with Crippen molar-refractivity contribution >= 4 is 50.8 Å². The Hall–Kier alpha value is -3.49. The molecule has 0 atom stereocenters. The number of fused-ring (bicyclic) bond motifs is 1. The molecule has 0 aliphatic carbocycles. The fourth-order valence-corrected chi connectivity index (χ4v) is 3.86. The van der Waals surface area contributed by atoms with Gasteiger partial charge >= 0.3 is 0 Å². The quantitative estimate of drug-likeness (QED) is 0.277. The molecule has 1 amide bonds. The highest BCUT2D eigenvalue weighted by atomic mass is 35.5. The van der Waals surface area contributed by atoms with Gasteiger partial charge in [0.15, 0.2) is 0 Å². The number of carbonyl (C=O) groups is 1. The number of benzene rings is 2. The summed E-state index contributed by atoms with van der Waals surface area (Å²) in [7, 11) is 0. The Morgan fingerprint density at radius 3 is 2.72 bits per heavy atom. The van der Waals surface area contributed by atoms with Gasteiger partial charge in [-0.15, -0.1) is 11.3 Å². The lowest BCUT2D eigenvalue weighted by Gasteiger charge is -2.06. The molecular weight excluding hydrogens is 412 g/mol. The van der Waals surface area contributed by atoms with Gasteiger partial charge in [-0.25, -0.2) is 5.43 Å². The molecule has 0 saturated heterocycles. The van der Waals surface area contributed by atoms with Crippen LogP contribution in [0.25, 0.3) is 15.8 Å². The van der Waals surface area contributed by atoms with E-state index in [1.165, 1.54) is 23.5 Å². The molecule has 7 nitrogen and oxygen atoms in total. The number of thiophene rings is 1. The molecule has 9 heteroatoms. The van der Waals surface area contributed by atoms with Gasteiger partial charge in [0.05, 0.1) is 21.7 Å². The lowest BCUT2D eigenvalue weighted by atomic mass is 10.2. The van der Waals surface area contributed by atoms with Crippen LogP contribution in [0.5, 0.6) is 0 Å². The minimum atomic E-state index is -0.461. The predicted octanol–water partition coefficient (Wildman–Crippen LogP) is 5.02. The van der Waals surface area contributed by atoms with Crippen molar-refractivity contribution in [1.29, 1.82) is 0 Å². The van der Waals surface area contributed by atoms with E-state index in [0.717, 1.165) is 16.1 Å². The molecule has 4 aromatic rings. The Balaban J connectivity index is 1.49. The molecule has 0 bridgehead atoms. The number of rotatable bonds is 5. The average molecular weight is 425 g/mol. The topological polar surface area (TPSA) is 89.5 Å².